The maximum Gasteiger partial charge on any atom is 0.239 e. The molecule has 1 atom stereocenters. The number of rotatable bonds is 8. The average molecular weight is 381 g/mol. The lowest BCUT2D eigenvalue weighted by Gasteiger charge is -2.35. The molecule has 0 saturated carbocycles. The van der Waals surface area contributed by atoms with Gasteiger partial charge in [0, 0.05) is 19.6 Å². The van der Waals surface area contributed by atoms with Crippen LogP contribution in [0.3, 0.4) is 0 Å². The molecule has 1 unspecified atom stereocenters. The van der Waals surface area contributed by atoms with Crippen LogP contribution < -0.4 is 10.6 Å². The first-order chi connectivity index (χ1) is 13.7. The molecular formula is C22H27N3O3. The quantitative estimate of drug-likeness (QED) is 0.728. The van der Waals surface area contributed by atoms with Gasteiger partial charge in [0.15, 0.2) is 0 Å². The first-order valence-electron chi connectivity index (χ1n) is 9.66. The number of morpholine rings is 1. The van der Waals surface area contributed by atoms with Gasteiger partial charge in [-0.25, -0.2) is 0 Å². The number of benzene rings is 2. The van der Waals surface area contributed by atoms with Crippen LogP contribution in [-0.2, 0) is 20.7 Å². The smallest absolute Gasteiger partial charge is 0.239 e. The van der Waals surface area contributed by atoms with Crippen molar-refractivity contribution in [2.24, 2.45) is 0 Å². The number of amides is 2. The van der Waals surface area contributed by atoms with Crippen LogP contribution in [0.1, 0.15) is 17.2 Å². The summed E-state index contributed by atoms with van der Waals surface area (Å²) in [7, 11) is 0. The van der Waals surface area contributed by atoms with Crippen LogP contribution in [0, 0.1) is 0 Å². The van der Waals surface area contributed by atoms with E-state index in [-0.39, 0.29) is 30.8 Å². The van der Waals surface area contributed by atoms with E-state index in [1.807, 2.05) is 48.5 Å². The van der Waals surface area contributed by atoms with Crippen LogP contribution in [0.15, 0.2) is 60.7 Å². The van der Waals surface area contributed by atoms with Crippen molar-refractivity contribution in [2.45, 2.75) is 12.5 Å². The second-order valence-electron chi connectivity index (χ2n) is 6.82. The summed E-state index contributed by atoms with van der Waals surface area (Å²) in [6.45, 7) is 3.56. The van der Waals surface area contributed by atoms with Crippen molar-refractivity contribution in [3.8, 4) is 0 Å². The van der Waals surface area contributed by atoms with Crippen LogP contribution >= 0.6 is 0 Å². The molecule has 3 rings (SSSR count). The largest absolute Gasteiger partial charge is 0.379 e. The monoisotopic (exact) mass is 381 g/mol. The Morgan fingerprint density at radius 2 is 1.54 bits per heavy atom. The van der Waals surface area contributed by atoms with E-state index < -0.39 is 0 Å². The summed E-state index contributed by atoms with van der Waals surface area (Å²) in [5, 5.41) is 5.65. The highest BCUT2D eigenvalue weighted by Crippen LogP contribution is 2.20. The zero-order valence-corrected chi connectivity index (χ0v) is 16.0. The maximum absolute atomic E-state index is 12.2. The van der Waals surface area contributed by atoms with E-state index in [4.69, 9.17) is 4.74 Å². The van der Waals surface area contributed by atoms with Crippen LogP contribution in [0.5, 0.6) is 0 Å². The predicted molar refractivity (Wildman–Crippen MR) is 108 cm³/mol. The number of hydrogen-bond donors (Lipinski definition) is 2. The van der Waals surface area contributed by atoms with Crippen molar-refractivity contribution < 1.29 is 14.3 Å². The third-order valence-electron chi connectivity index (χ3n) is 4.82. The van der Waals surface area contributed by atoms with Crippen LogP contribution in [0.4, 0.5) is 0 Å². The number of carbonyl (C=O) groups is 2. The maximum atomic E-state index is 12.2. The topological polar surface area (TPSA) is 70.7 Å². The molecule has 1 aliphatic heterocycles. The minimum absolute atomic E-state index is 0.0176. The first kappa shape index (κ1) is 20.0. The Kier molecular flexibility index (Phi) is 7.58. The zero-order chi connectivity index (χ0) is 19.6. The molecule has 0 aromatic heterocycles. The number of carbonyl (C=O) groups excluding carboxylic acids is 2. The van der Waals surface area contributed by atoms with Crippen molar-refractivity contribution in [3.05, 3.63) is 71.8 Å². The molecule has 0 radical (unpaired) electrons. The normalized spacial score (nSPS) is 15.6. The van der Waals surface area contributed by atoms with Gasteiger partial charge in [-0.05, 0) is 11.1 Å². The number of hydrogen-bond acceptors (Lipinski definition) is 4. The van der Waals surface area contributed by atoms with Crippen LogP contribution in [-0.4, -0.2) is 56.1 Å². The lowest BCUT2D eigenvalue weighted by atomic mass is 10.0. The molecular weight excluding hydrogens is 354 g/mol. The molecule has 6 heteroatoms. The molecule has 2 amide bonds. The molecule has 2 aromatic rings. The minimum atomic E-state index is -0.185. The number of nitrogens with zero attached hydrogens (tertiary/aromatic N) is 1. The van der Waals surface area contributed by atoms with Crippen LogP contribution in [0.25, 0.3) is 0 Å². The van der Waals surface area contributed by atoms with Crippen molar-refractivity contribution in [3.63, 3.8) is 0 Å². The van der Waals surface area contributed by atoms with E-state index >= 15 is 0 Å². The van der Waals surface area contributed by atoms with Gasteiger partial charge >= 0.3 is 0 Å². The van der Waals surface area contributed by atoms with E-state index in [2.05, 4.69) is 27.7 Å². The van der Waals surface area contributed by atoms with Crippen LogP contribution in [0.2, 0.25) is 0 Å². The average Bonchev–Trinajstić information content (AvgIpc) is 2.75. The standard InChI is InChI=1S/C22H27N3O3/c26-21(15-18-7-3-1-4-8-18)24-17-22(27)23-16-20(19-9-5-2-6-10-19)25-11-13-28-14-12-25/h1-10,20H,11-17H2,(H,23,27)(H,24,26). The molecule has 1 saturated heterocycles. The summed E-state index contributed by atoms with van der Waals surface area (Å²) >= 11 is 0. The second-order valence-corrected chi connectivity index (χ2v) is 6.82. The van der Waals surface area contributed by atoms with Gasteiger partial charge in [-0.2, -0.15) is 0 Å². The lowest BCUT2D eigenvalue weighted by molar-refractivity contribution is -0.125. The van der Waals surface area contributed by atoms with Crippen molar-refractivity contribution >= 4 is 11.8 Å². The first-order valence-corrected chi connectivity index (χ1v) is 9.66. The molecule has 1 aliphatic rings. The lowest BCUT2D eigenvalue weighted by Crippen LogP contribution is -2.45. The minimum Gasteiger partial charge on any atom is -0.379 e. The van der Waals surface area contributed by atoms with Crippen molar-refractivity contribution in [1.82, 2.24) is 15.5 Å². The van der Waals surface area contributed by atoms with E-state index in [0.717, 1.165) is 24.2 Å². The summed E-state index contributed by atoms with van der Waals surface area (Å²) in [6.07, 6.45) is 0.272. The SMILES string of the molecule is O=C(CNC(=O)Cc1ccccc1)NCC(c1ccccc1)N1CCOCC1. The number of nitrogens with one attached hydrogen (secondary N) is 2. The molecule has 6 nitrogen and oxygen atoms in total. The second kappa shape index (κ2) is 10.6. The van der Waals surface area contributed by atoms with Crippen molar-refractivity contribution in [1.29, 1.82) is 0 Å². The molecule has 148 valence electrons. The van der Waals surface area contributed by atoms with Gasteiger partial charge in [0.25, 0.3) is 0 Å². The summed E-state index contributed by atoms with van der Waals surface area (Å²) in [5.74, 6) is -0.343. The Hall–Kier alpha value is -2.70. The summed E-state index contributed by atoms with van der Waals surface area (Å²) < 4.78 is 5.45. The Labute approximate surface area is 165 Å². The van der Waals surface area contributed by atoms with E-state index in [0.29, 0.717) is 19.8 Å². The third kappa shape index (κ3) is 6.18. The van der Waals surface area contributed by atoms with Gasteiger partial charge in [0.2, 0.25) is 11.8 Å². The molecule has 0 bridgehead atoms. The number of ether oxygens (including phenoxy) is 1. The highest BCUT2D eigenvalue weighted by atomic mass is 16.5. The highest BCUT2D eigenvalue weighted by molar-refractivity contribution is 5.85. The third-order valence-corrected chi connectivity index (χ3v) is 4.82. The molecule has 0 spiro atoms. The van der Waals surface area contributed by atoms with Crippen molar-refractivity contribution in [2.75, 3.05) is 39.4 Å². The summed E-state index contributed by atoms with van der Waals surface area (Å²) in [4.78, 5) is 26.6. The zero-order valence-electron chi connectivity index (χ0n) is 16.0. The molecule has 2 N–H and O–H groups in total. The van der Waals surface area contributed by atoms with Gasteiger partial charge in [-0.15, -0.1) is 0 Å². The molecule has 2 aromatic carbocycles. The fourth-order valence-corrected chi connectivity index (χ4v) is 3.32. The Morgan fingerprint density at radius 1 is 0.893 bits per heavy atom. The Morgan fingerprint density at radius 3 is 2.21 bits per heavy atom. The van der Waals surface area contributed by atoms with Gasteiger partial charge < -0.3 is 15.4 Å². The Balaban J connectivity index is 1.48. The molecule has 28 heavy (non-hydrogen) atoms. The van der Waals surface area contributed by atoms with E-state index in [1.165, 1.54) is 0 Å². The Bertz CT molecular complexity index is 746. The van der Waals surface area contributed by atoms with Gasteiger partial charge in [0.1, 0.15) is 0 Å². The highest BCUT2D eigenvalue weighted by Gasteiger charge is 2.23. The van der Waals surface area contributed by atoms with E-state index in [9.17, 15) is 9.59 Å². The molecule has 1 heterocycles. The van der Waals surface area contributed by atoms with Gasteiger partial charge in [0.05, 0.1) is 32.2 Å². The van der Waals surface area contributed by atoms with Gasteiger partial charge in [-0.1, -0.05) is 60.7 Å². The predicted octanol–water partition coefficient (Wildman–Crippen LogP) is 1.53. The fourth-order valence-electron chi connectivity index (χ4n) is 3.32. The molecule has 0 aliphatic carbocycles. The fraction of sp³-hybridized carbons (Fsp3) is 0.364. The summed E-state index contributed by atoms with van der Waals surface area (Å²) in [6, 6.07) is 19.7. The van der Waals surface area contributed by atoms with E-state index in [1.54, 1.807) is 0 Å². The van der Waals surface area contributed by atoms with Gasteiger partial charge in [-0.3, -0.25) is 14.5 Å². The summed E-state index contributed by atoms with van der Waals surface area (Å²) in [5.41, 5.74) is 2.09. The molecule has 1 fully saturated rings.